The van der Waals surface area contributed by atoms with Gasteiger partial charge in [0.05, 0.1) is 32.9 Å². The van der Waals surface area contributed by atoms with Crippen molar-refractivity contribution in [3.8, 4) is 0 Å². The second-order valence-electron chi connectivity index (χ2n) is 16.1. The van der Waals surface area contributed by atoms with Crippen molar-refractivity contribution in [3.05, 3.63) is 46.0 Å². The molecule has 6 aromatic heterocycles. The molecule has 0 radical (unpaired) electrons. The van der Waals surface area contributed by atoms with Crippen molar-refractivity contribution in [1.82, 2.24) is 53.6 Å². The third kappa shape index (κ3) is 10.4. The molecule has 9 heterocycles. The average molecular weight is 1130 g/mol. The molecule has 0 saturated carbocycles. The predicted octanol–water partition coefficient (Wildman–Crippen LogP) is -4.75. The minimum Gasteiger partial charge on any atom is -0.387 e. The maximum atomic E-state index is 13.8. The van der Waals surface area contributed by atoms with E-state index in [2.05, 4.69) is 53.0 Å². The lowest BCUT2D eigenvalue weighted by molar-refractivity contribution is -0.745. The van der Waals surface area contributed by atoms with Crippen LogP contribution in [0.3, 0.4) is 0 Å². The summed E-state index contributed by atoms with van der Waals surface area (Å²) in [6.07, 6.45) is -17.4. The number of ether oxygens (including phenoxy) is 4. The van der Waals surface area contributed by atoms with Crippen LogP contribution in [0.5, 0.6) is 0 Å². The number of fused-ring (bicyclic) bond motifs is 3. The van der Waals surface area contributed by atoms with Gasteiger partial charge in [-0.15, -0.1) is 0 Å². The van der Waals surface area contributed by atoms with Crippen molar-refractivity contribution in [2.45, 2.75) is 73.8 Å². The fourth-order valence-corrected chi connectivity index (χ4v) is 12.7. The molecule has 39 nitrogen and oxygen atoms in total. The Kier molecular flexibility index (Phi) is 14.3. The Balaban J connectivity index is 0.878. The number of rotatable bonds is 18. The molecule has 404 valence electrons. The summed E-state index contributed by atoms with van der Waals surface area (Å²) in [5.41, 5.74) is 15.2. The molecule has 3 fully saturated rings. The van der Waals surface area contributed by atoms with E-state index in [1.165, 1.54) is 22.5 Å². The predicted molar refractivity (Wildman–Crippen MR) is 234 cm³/mol. The van der Waals surface area contributed by atoms with Gasteiger partial charge in [0.1, 0.15) is 60.7 Å². The van der Waals surface area contributed by atoms with Gasteiger partial charge in [-0.05, 0) is 0 Å². The Labute approximate surface area is 408 Å². The fraction of sp³-hybridized carbons (Fsp3) is 0.516. The molecule has 0 amide bonds. The Hall–Kier alpha value is -5.15. The number of aliphatic hydroxyl groups excluding tert-OH is 4. The van der Waals surface area contributed by atoms with E-state index in [-0.39, 0.29) is 51.2 Å². The van der Waals surface area contributed by atoms with E-state index in [9.17, 15) is 67.8 Å². The highest BCUT2D eigenvalue weighted by atomic mass is 31.3. The highest BCUT2D eigenvalue weighted by Gasteiger charge is 2.55. The van der Waals surface area contributed by atoms with Crippen LogP contribution in [0.2, 0.25) is 0 Å². The van der Waals surface area contributed by atoms with Gasteiger partial charge in [-0.1, -0.05) is 4.98 Å². The first-order valence-electron chi connectivity index (χ1n) is 20.7. The summed E-state index contributed by atoms with van der Waals surface area (Å²) in [6.45, 7) is -2.46. The van der Waals surface area contributed by atoms with Gasteiger partial charge in [-0.25, -0.2) is 42.8 Å². The largest absolute Gasteiger partial charge is 0.490 e. The SMILES string of the molecule is CO[C@@H]1[C@H](OP(=O)(O)OC2O[C@@H](n3cnc4c(=O)[nH]c(N)nc43)[C@H](O)[C@@H]2O)C(COP(=O)(O)OP(=O)(O)OP(=O)(O)OC[C@H]2OC([n+]3cn(C)c4c(=O)[nH]c(N)nc43)[C@H](O)[C@@H]2O)O[C@H]1n1cnc2c(N)ncnc21. The van der Waals surface area contributed by atoms with Gasteiger partial charge < -0.3 is 76.1 Å². The van der Waals surface area contributed by atoms with Gasteiger partial charge in [-0.3, -0.25) is 51.4 Å². The number of nitrogens with zero attached hydrogens (tertiary/aromatic N) is 10. The Morgan fingerprint density at radius 3 is 1.99 bits per heavy atom. The first-order chi connectivity index (χ1) is 34.7. The van der Waals surface area contributed by atoms with Crippen molar-refractivity contribution in [3.63, 3.8) is 0 Å². The molecule has 74 heavy (non-hydrogen) atoms. The zero-order chi connectivity index (χ0) is 53.6. The third-order valence-electron chi connectivity index (χ3n) is 11.2. The first kappa shape index (κ1) is 53.7. The van der Waals surface area contributed by atoms with Crippen LogP contribution in [0.15, 0.2) is 34.9 Å². The van der Waals surface area contributed by atoms with Crippen LogP contribution in [-0.2, 0) is 71.0 Å². The van der Waals surface area contributed by atoms with E-state index in [1.807, 2.05) is 0 Å². The van der Waals surface area contributed by atoms with E-state index in [0.717, 1.165) is 35.2 Å². The van der Waals surface area contributed by atoms with E-state index in [4.69, 9.17) is 49.7 Å². The highest BCUT2D eigenvalue weighted by molar-refractivity contribution is 7.66. The van der Waals surface area contributed by atoms with E-state index in [0.29, 0.717) is 0 Å². The number of nitrogens with one attached hydrogen (secondary N) is 2. The molecule has 9 rings (SSSR count). The number of methoxy groups -OCH3 is 1. The summed E-state index contributed by atoms with van der Waals surface area (Å²) in [7, 11) is -21.2. The number of anilines is 3. The zero-order valence-corrected chi connectivity index (χ0v) is 40.8. The number of aliphatic hydroxyl groups is 4. The number of aryl methyl sites for hydroxylation is 1. The van der Waals surface area contributed by atoms with Crippen LogP contribution in [0.1, 0.15) is 18.7 Å². The average Bonchev–Trinajstić information content (AvgIpc) is 4.15. The van der Waals surface area contributed by atoms with Crippen molar-refractivity contribution < 1.29 is 108 Å². The van der Waals surface area contributed by atoms with Crippen molar-refractivity contribution in [2.24, 2.45) is 7.05 Å². The molecule has 16 atom stereocenters. The van der Waals surface area contributed by atoms with Gasteiger partial charge in [0.25, 0.3) is 17.1 Å². The van der Waals surface area contributed by atoms with Crippen molar-refractivity contribution in [2.75, 3.05) is 37.5 Å². The molecule has 0 spiro atoms. The minimum atomic E-state index is -6.22. The molecule has 16 N–H and O–H groups in total. The molecular formula is C31H42N15O24P4+. The van der Waals surface area contributed by atoms with E-state index < -0.39 is 129 Å². The lowest BCUT2D eigenvalue weighted by atomic mass is 10.1. The maximum absolute atomic E-state index is 13.8. The second kappa shape index (κ2) is 19.8. The number of aromatic nitrogens is 12. The summed E-state index contributed by atoms with van der Waals surface area (Å²) >= 11 is 0. The molecule has 3 aliphatic rings. The summed E-state index contributed by atoms with van der Waals surface area (Å²) < 4.78 is 108. The number of aromatic amines is 2. The summed E-state index contributed by atoms with van der Waals surface area (Å²) in [5.74, 6) is -0.776. The normalized spacial score (nSPS) is 30.7. The van der Waals surface area contributed by atoms with Gasteiger partial charge >= 0.3 is 36.9 Å². The monoisotopic (exact) mass is 1130 g/mol. The third-order valence-corrected chi connectivity index (χ3v) is 16.5. The number of hydrogen-bond donors (Lipinski definition) is 13. The first-order valence-corrected chi connectivity index (χ1v) is 26.7. The standard InChI is InChI=1S/C31H41N15O24P4/c1-43-8-46(23-13(43)25(52)42-31(34)40-23)27-15(48)14(47)9(64-27)3-62-71(53,54)69-74(59,60)70-72(55,56)63-4-10-18(19(61-2)28(65-10)44-6-37-11-20(32)35-5-36-21(11)44)67-73(57,58)68-29-17(50)16(49)26(66-29)45-7-38-12-22(45)39-30(33)41-24(12)51/h5-10,14-19,26-29,47-50H,3-4H2,1-2H3,(H11-,32,33,34,35,36,39,40,41,42,51,52,53,54,55,56,57,58,59,60)/p+1/t9-,10?,14-,15-,16-,17+,18-,19-,26-,27?,28-,29?/m1/s1. The minimum absolute atomic E-state index is 0.0133. The van der Waals surface area contributed by atoms with Gasteiger partial charge in [0, 0.05) is 7.11 Å². The molecule has 3 saturated heterocycles. The highest BCUT2D eigenvalue weighted by Crippen LogP contribution is 2.68. The number of H-pyrrole nitrogens is 2. The number of phosphoric acid groups is 4. The zero-order valence-electron chi connectivity index (χ0n) is 37.3. The topological polar surface area (TPSA) is 562 Å². The van der Waals surface area contributed by atoms with Gasteiger partial charge in [0.15, 0.2) is 47.7 Å². The van der Waals surface area contributed by atoms with Crippen LogP contribution < -0.4 is 32.9 Å². The molecule has 3 aliphatic heterocycles. The van der Waals surface area contributed by atoms with Crippen LogP contribution in [0, 0.1) is 0 Å². The van der Waals surface area contributed by atoms with Crippen LogP contribution in [0.25, 0.3) is 33.5 Å². The van der Waals surface area contributed by atoms with E-state index in [1.54, 1.807) is 0 Å². The van der Waals surface area contributed by atoms with Crippen LogP contribution in [-0.4, -0.2) is 169 Å². The Bertz CT molecular complexity index is 3450. The van der Waals surface area contributed by atoms with Crippen molar-refractivity contribution in [1.29, 1.82) is 0 Å². The van der Waals surface area contributed by atoms with Gasteiger partial charge in [-0.2, -0.15) is 13.6 Å². The lowest BCUT2D eigenvalue weighted by Gasteiger charge is -2.27. The van der Waals surface area contributed by atoms with Gasteiger partial charge in [0.2, 0.25) is 17.7 Å². The molecule has 6 aromatic rings. The number of nitrogen functional groups attached to an aromatic ring is 3. The molecule has 43 heteroatoms. The molecular weight excluding hydrogens is 1090 g/mol. The number of nitrogens with two attached hydrogens (primary N) is 3. The second-order valence-corrected chi connectivity index (χ2v) is 22.1. The van der Waals surface area contributed by atoms with E-state index >= 15 is 0 Å². The molecule has 7 unspecified atom stereocenters. The van der Waals surface area contributed by atoms with Crippen molar-refractivity contribution >= 4 is 82.5 Å². The summed E-state index contributed by atoms with van der Waals surface area (Å²) in [4.78, 5) is 95.6. The van der Waals surface area contributed by atoms with Crippen LogP contribution >= 0.6 is 31.3 Å². The number of phosphoric ester groups is 3. The lowest BCUT2D eigenvalue weighted by Crippen LogP contribution is -2.46. The Morgan fingerprint density at radius 1 is 0.689 bits per heavy atom. The molecule has 0 bridgehead atoms. The molecule has 0 aromatic carbocycles. The quantitative estimate of drug-likeness (QED) is 0.0284. The fourth-order valence-electron chi connectivity index (χ4n) is 8.10. The number of hydrogen-bond acceptors (Lipinski definition) is 29. The number of imidazole rings is 3. The summed E-state index contributed by atoms with van der Waals surface area (Å²) in [5, 5.41) is 43.2. The molecule has 0 aliphatic carbocycles. The van der Waals surface area contributed by atoms with Crippen LogP contribution in [0.4, 0.5) is 17.7 Å². The smallest absolute Gasteiger partial charge is 0.387 e. The maximum Gasteiger partial charge on any atom is 0.490 e. The Morgan fingerprint density at radius 2 is 1.31 bits per heavy atom. The summed E-state index contributed by atoms with van der Waals surface area (Å²) in [6, 6.07) is 0.